The number of likely N-dealkylation sites (tertiary alicyclic amines) is 1. The van der Waals surface area contributed by atoms with Gasteiger partial charge in [-0.1, -0.05) is 12.1 Å². The van der Waals surface area contributed by atoms with Crippen LogP contribution in [0.1, 0.15) is 36.7 Å². The molecule has 0 bridgehead atoms. The van der Waals surface area contributed by atoms with E-state index in [0.29, 0.717) is 31.4 Å². The van der Waals surface area contributed by atoms with Crippen LogP contribution in [0.25, 0.3) is 11.5 Å². The van der Waals surface area contributed by atoms with Crippen LogP contribution in [0.4, 0.5) is 0 Å². The third kappa shape index (κ3) is 2.87. The predicted octanol–water partition coefficient (Wildman–Crippen LogP) is 0.759. The third-order valence-corrected chi connectivity index (χ3v) is 5.24. The fourth-order valence-corrected chi connectivity index (χ4v) is 3.34. The van der Waals surface area contributed by atoms with Gasteiger partial charge in [-0.25, -0.2) is 4.52 Å². The van der Waals surface area contributed by atoms with Crippen molar-refractivity contribution in [1.82, 2.24) is 34.5 Å². The van der Waals surface area contributed by atoms with Crippen molar-refractivity contribution < 1.29 is 4.79 Å². The Morgan fingerprint density at radius 1 is 1.41 bits per heavy atom. The van der Waals surface area contributed by atoms with E-state index >= 15 is 0 Å². The molecule has 0 aromatic carbocycles. The first kappa shape index (κ1) is 17.0. The van der Waals surface area contributed by atoms with E-state index in [9.17, 15) is 14.9 Å². The first-order valence-corrected chi connectivity index (χ1v) is 8.76. The highest BCUT2D eigenvalue weighted by Crippen LogP contribution is 2.34. The van der Waals surface area contributed by atoms with Crippen LogP contribution in [0.15, 0.2) is 29.3 Å². The van der Waals surface area contributed by atoms with E-state index in [-0.39, 0.29) is 28.5 Å². The van der Waals surface area contributed by atoms with Crippen LogP contribution in [0, 0.1) is 16.7 Å². The number of carbonyl (C=O) groups excluding carboxylic acids is 1. The van der Waals surface area contributed by atoms with Crippen molar-refractivity contribution >= 4 is 11.4 Å². The summed E-state index contributed by atoms with van der Waals surface area (Å²) in [7, 11) is 0. The fourth-order valence-electron chi connectivity index (χ4n) is 3.34. The van der Waals surface area contributed by atoms with E-state index in [1.54, 1.807) is 23.2 Å². The van der Waals surface area contributed by atoms with E-state index in [1.165, 1.54) is 15.4 Å². The van der Waals surface area contributed by atoms with Gasteiger partial charge in [0.15, 0.2) is 5.69 Å². The molecule has 4 rings (SSSR count). The molecule has 0 spiro atoms. The Bertz CT molecular complexity index is 1090. The maximum Gasteiger partial charge on any atom is 0.276 e. The van der Waals surface area contributed by atoms with Crippen molar-refractivity contribution in [2.75, 3.05) is 13.1 Å². The summed E-state index contributed by atoms with van der Waals surface area (Å²) < 4.78 is 2.71. The highest BCUT2D eigenvalue weighted by atomic mass is 16.2. The third-order valence-electron chi connectivity index (χ3n) is 5.24. The Balaban J connectivity index is 1.55. The van der Waals surface area contributed by atoms with Gasteiger partial charge in [0.05, 0.1) is 17.7 Å². The lowest BCUT2D eigenvalue weighted by Gasteiger charge is -2.36. The van der Waals surface area contributed by atoms with Gasteiger partial charge in [-0.3, -0.25) is 14.6 Å². The van der Waals surface area contributed by atoms with Crippen LogP contribution in [0.2, 0.25) is 0 Å². The van der Waals surface area contributed by atoms with Crippen molar-refractivity contribution in [2.24, 2.45) is 5.41 Å². The molecule has 0 unspecified atom stereocenters. The van der Waals surface area contributed by atoms with Gasteiger partial charge in [0.1, 0.15) is 5.52 Å². The fraction of sp³-hybridized carbons (Fsp3) is 0.412. The van der Waals surface area contributed by atoms with Gasteiger partial charge in [-0.05, 0) is 31.4 Å². The zero-order valence-corrected chi connectivity index (χ0v) is 14.8. The maximum absolute atomic E-state index is 12.7. The van der Waals surface area contributed by atoms with E-state index in [0.717, 1.165) is 6.42 Å². The monoisotopic (exact) mass is 366 g/mol. The Kier molecular flexibility index (Phi) is 3.99. The minimum atomic E-state index is -0.343. The second kappa shape index (κ2) is 6.35. The summed E-state index contributed by atoms with van der Waals surface area (Å²) in [5.74, 6) is -0.0725. The number of nitrogens with one attached hydrogen (secondary N) is 1. The number of amides is 1. The minimum Gasteiger partial charge on any atom is -0.337 e. The van der Waals surface area contributed by atoms with Gasteiger partial charge in [-0.15, -0.1) is 10.2 Å². The lowest BCUT2D eigenvalue weighted by Crippen LogP contribution is -2.42. The number of H-pyrrole nitrogens is 1. The molecular weight excluding hydrogens is 348 g/mol. The summed E-state index contributed by atoms with van der Waals surface area (Å²) in [4.78, 5) is 29.1. The Labute approximate surface area is 154 Å². The highest BCUT2D eigenvalue weighted by molar-refractivity contribution is 5.92. The van der Waals surface area contributed by atoms with Crippen LogP contribution < -0.4 is 5.56 Å². The molecule has 1 fully saturated rings. The van der Waals surface area contributed by atoms with Crippen molar-refractivity contribution in [2.45, 2.75) is 26.2 Å². The number of hydrogen-bond donors (Lipinski definition) is 1. The zero-order chi connectivity index (χ0) is 19.0. The van der Waals surface area contributed by atoms with Crippen LogP contribution in [0.5, 0.6) is 0 Å². The molecule has 27 heavy (non-hydrogen) atoms. The Hall–Kier alpha value is -3.48. The van der Waals surface area contributed by atoms with Crippen LogP contribution in [0.3, 0.4) is 0 Å². The molecule has 1 aliphatic heterocycles. The number of nitrogens with zero attached hydrogens (tertiary/aromatic N) is 7. The summed E-state index contributed by atoms with van der Waals surface area (Å²) in [6, 6.07) is 5.76. The first-order chi connectivity index (χ1) is 13.0. The second-order valence-corrected chi connectivity index (χ2v) is 6.70. The zero-order valence-electron chi connectivity index (χ0n) is 14.8. The molecule has 1 N–H and O–H groups in total. The van der Waals surface area contributed by atoms with E-state index in [1.807, 2.05) is 6.92 Å². The largest absolute Gasteiger partial charge is 0.337 e. The first-order valence-electron chi connectivity index (χ1n) is 8.76. The van der Waals surface area contributed by atoms with Gasteiger partial charge in [0.2, 0.25) is 0 Å². The SMILES string of the molecule is CCC1(C#N)CCN(C(=O)c2cn(-c3nn4cccc4c(=O)[nH]3)nn2)CC1. The number of carbonyl (C=O) groups is 1. The van der Waals surface area contributed by atoms with Crippen molar-refractivity contribution in [3.05, 3.63) is 40.6 Å². The summed E-state index contributed by atoms with van der Waals surface area (Å²) >= 11 is 0. The number of aromatic amines is 1. The standard InChI is InChI=1S/C17H18N8O2/c1-2-17(11-18)5-8-23(9-6-17)15(27)12-10-25(22-20-12)16-19-14(26)13-4-3-7-24(13)21-16/h3-4,7,10H,2,5-6,8-9H2,1H3,(H,19,21,26). The van der Waals surface area contributed by atoms with E-state index in [2.05, 4.69) is 26.5 Å². The van der Waals surface area contributed by atoms with Gasteiger partial charge >= 0.3 is 0 Å². The molecule has 0 atom stereocenters. The van der Waals surface area contributed by atoms with E-state index < -0.39 is 0 Å². The van der Waals surface area contributed by atoms with Crippen molar-refractivity contribution in [1.29, 1.82) is 5.26 Å². The van der Waals surface area contributed by atoms with Gasteiger partial charge in [0.25, 0.3) is 17.4 Å². The number of piperidine rings is 1. The Morgan fingerprint density at radius 3 is 2.89 bits per heavy atom. The summed E-state index contributed by atoms with van der Waals surface area (Å²) in [6.07, 6.45) is 5.18. The van der Waals surface area contributed by atoms with Gasteiger partial charge in [0, 0.05) is 19.3 Å². The molecule has 1 amide bonds. The average molecular weight is 366 g/mol. The molecule has 0 radical (unpaired) electrons. The molecule has 1 aliphatic rings. The summed E-state index contributed by atoms with van der Waals surface area (Å²) in [5.41, 5.74) is -0.0623. The minimum absolute atomic E-state index is 0.170. The summed E-state index contributed by atoms with van der Waals surface area (Å²) in [5, 5.41) is 21.5. The predicted molar refractivity (Wildman–Crippen MR) is 94.2 cm³/mol. The lowest BCUT2D eigenvalue weighted by molar-refractivity contribution is 0.0637. The number of nitriles is 1. The maximum atomic E-state index is 12.7. The van der Waals surface area contributed by atoms with Crippen LogP contribution in [-0.4, -0.2) is 53.5 Å². The molecule has 138 valence electrons. The second-order valence-electron chi connectivity index (χ2n) is 6.70. The molecule has 3 aromatic rings. The Morgan fingerprint density at radius 2 is 2.19 bits per heavy atom. The molecule has 10 heteroatoms. The van der Waals surface area contributed by atoms with Crippen molar-refractivity contribution in [3.63, 3.8) is 0 Å². The molecule has 0 aliphatic carbocycles. The normalized spacial score (nSPS) is 16.4. The number of aromatic nitrogens is 6. The van der Waals surface area contributed by atoms with Crippen molar-refractivity contribution in [3.8, 4) is 12.0 Å². The quantitative estimate of drug-likeness (QED) is 0.729. The van der Waals surface area contributed by atoms with E-state index in [4.69, 9.17) is 0 Å². The number of rotatable bonds is 3. The van der Waals surface area contributed by atoms with Crippen LogP contribution in [-0.2, 0) is 0 Å². The topological polar surface area (TPSA) is 125 Å². The number of hydrogen-bond acceptors (Lipinski definition) is 6. The molecule has 10 nitrogen and oxygen atoms in total. The molecule has 0 saturated carbocycles. The molecule has 3 aromatic heterocycles. The summed E-state index contributed by atoms with van der Waals surface area (Å²) in [6.45, 7) is 3.02. The van der Waals surface area contributed by atoms with Crippen LogP contribution >= 0.6 is 0 Å². The lowest BCUT2D eigenvalue weighted by atomic mass is 9.77. The molecule has 1 saturated heterocycles. The molecular formula is C17H18N8O2. The smallest absolute Gasteiger partial charge is 0.276 e. The average Bonchev–Trinajstić information content (AvgIpc) is 3.37. The highest BCUT2D eigenvalue weighted by Gasteiger charge is 2.35. The van der Waals surface area contributed by atoms with Gasteiger partial charge in [-0.2, -0.15) is 9.94 Å². The van der Waals surface area contributed by atoms with Gasteiger partial charge < -0.3 is 4.90 Å². The molecule has 4 heterocycles. The number of fused-ring (bicyclic) bond motifs is 1.